The van der Waals surface area contributed by atoms with E-state index in [1.807, 2.05) is 29.6 Å². The van der Waals surface area contributed by atoms with Gasteiger partial charge in [-0.2, -0.15) is 5.10 Å². The van der Waals surface area contributed by atoms with Crippen molar-refractivity contribution in [1.82, 2.24) is 9.99 Å². The zero-order chi connectivity index (χ0) is 20.4. The van der Waals surface area contributed by atoms with Gasteiger partial charge >= 0.3 is 0 Å². The van der Waals surface area contributed by atoms with Crippen molar-refractivity contribution >= 4 is 49.9 Å². The van der Waals surface area contributed by atoms with E-state index in [1.165, 1.54) is 16.3 Å². The zero-order valence-electron chi connectivity index (χ0n) is 16.0. The molecule has 9 heteroatoms. The third-order valence-corrected chi connectivity index (χ3v) is 6.36. The Kier molecular flexibility index (Phi) is 6.07. The number of hydrogen-bond donors (Lipinski definition) is 0. The van der Waals surface area contributed by atoms with Crippen LogP contribution in [0.25, 0.3) is 11.3 Å². The molecule has 2 amide bonds. The van der Waals surface area contributed by atoms with Crippen LogP contribution in [0.2, 0.25) is 0 Å². The number of nitrogens with zero attached hydrogens (tertiary/aromatic N) is 4. The summed E-state index contributed by atoms with van der Waals surface area (Å²) in [6.45, 7) is 1.15. The van der Waals surface area contributed by atoms with Crippen molar-refractivity contribution in [3.8, 4) is 11.3 Å². The van der Waals surface area contributed by atoms with Crippen LogP contribution in [0, 0.1) is 0 Å². The summed E-state index contributed by atoms with van der Waals surface area (Å²) in [7, 11) is 1.58. The Labute approximate surface area is 181 Å². The second-order valence-electron chi connectivity index (χ2n) is 7.04. The number of hydrazone groups is 1. The lowest BCUT2D eigenvalue weighted by molar-refractivity contribution is -0.130. The Morgan fingerprint density at radius 2 is 2.14 bits per heavy atom. The number of benzene rings is 1. The number of halogens is 1. The fourth-order valence-electron chi connectivity index (χ4n) is 3.36. The van der Waals surface area contributed by atoms with Gasteiger partial charge in [0.25, 0.3) is 5.91 Å². The van der Waals surface area contributed by atoms with Gasteiger partial charge in [0.2, 0.25) is 5.91 Å². The maximum Gasteiger partial charge on any atom is 0.276 e. The van der Waals surface area contributed by atoms with Crippen LogP contribution in [0.3, 0.4) is 0 Å². The minimum atomic E-state index is -0.212. The molecule has 0 bridgehead atoms. The van der Waals surface area contributed by atoms with Gasteiger partial charge in [0.05, 0.1) is 18.3 Å². The molecule has 0 radical (unpaired) electrons. The van der Waals surface area contributed by atoms with Crippen LogP contribution < -0.4 is 4.90 Å². The zero-order valence-corrected chi connectivity index (χ0v) is 18.4. The molecule has 1 fully saturated rings. The third-order valence-electron chi connectivity index (χ3n) is 4.97. The summed E-state index contributed by atoms with van der Waals surface area (Å²) in [5.41, 5.74) is 2.19. The number of thiazole rings is 1. The molecule has 2 aromatic rings. The second kappa shape index (κ2) is 8.73. The molecule has 1 saturated heterocycles. The first kappa shape index (κ1) is 20.2. The van der Waals surface area contributed by atoms with Crippen molar-refractivity contribution < 1.29 is 14.3 Å². The van der Waals surface area contributed by atoms with Crippen LogP contribution in [-0.4, -0.2) is 53.8 Å². The maximum atomic E-state index is 13.3. The lowest BCUT2D eigenvalue weighted by atomic mass is 10.1. The Morgan fingerprint density at radius 1 is 1.34 bits per heavy atom. The normalized spacial score (nSPS) is 19.4. The highest BCUT2D eigenvalue weighted by atomic mass is 79.9. The molecule has 0 aliphatic carbocycles. The van der Waals surface area contributed by atoms with Gasteiger partial charge in [0, 0.05) is 41.9 Å². The molecule has 2 aliphatic rings. The van der Waals surface area contributed by atoms with Gasteiger partial charge in [-0.05, 0) is 25.0 Å². The van der Waals surface area contributed by atoms with E-state index in [0.717, 1.165) is 28.6 Å². The van der Waals surface area contributed by atoms with Crippen molar-refractivity contribution in [2.75, 3.05) is 25.1 Å². The Balaban J connectivity index is 1.62. The van der Waals surface area contributed by atoms with Crippen molar-refractivity contribution in [3.63, 3.8) is 0 Å². The highest BCUT2D eigenvalue weighted by Crippen LogP contribution is 2.30. The predicted octanol–water partition coefficient (Wildman–Crippen LogP) is 3.69. The van der Waals surface area contributed by atoms with Gasteiger partial charge in [0.15, 0.2) is 5.13 Å². The first-order chi connectivity index (χ1) is 14.0. The minimum absolute atomic E-state index is 0.0115. The molecule has 4 rings (SSSR count). The van der Waals surface area contributed by atoms with Gasteiger partial charge in [0.1, 0.15) is 5.71 Å². The lowest BCUT2D eigenvalue weighted by Gasteiger charge is -2.26. The van der Waals surface area contributed by atoms with E-state index in [-0.39, 0.29) is 24.3 Å². The molecule has 29 heavy (non-hydrogen) atoms. The second-order valence-corrected chi connectivity index (χ2v) is 8.79. The van der Waals surface area contributed by atoms with Crippen molar-refractivity contribution in [2.24, 2.45) is 5.10 Å². The number of aromatic nitrogens is 1. The SMILES string of the molecule is CN1N=C(C(=O)N(C[C@@H]2CCCO2)c2nc(-c3ccc(Br)cc3)cs2)CCC1=O. The number of ether oxygens (including phenoxy) is 1. The van der Waals surface area contributed by atoms with Crippen molar-refractivity contribution in [2.45, 2.75) is 31.8 Å². The number of carbonyl (C=O) groups excluding carboxylic acids is 2. The summed E-state index contributed by atoms with van der Waals surface area (Å²) in [6, 6.07) is 7.91. The van der Waals surface area contributed by atoms with Crippen LogP contribution in [-0.2, 0) is 14.3 Å². The highest BCUT2D eigenvalue weighted by molar-refractivity contribution is 9.10. The van der Waals surface area contributed by atoms with E-state index in [9.17, 15) is 9.59 Å². The van der Waals surface area contributed by atoms with Gasteiger partial charge in [-0.15, -0.1) is 11.3 Å². The van der Waals surface area contributed by atoms with E-state index >= 15 is 0 Å². The van der Waals surface area contributed by atoms with E-state index < -0.39 is 0 Å². The summed E-state index contributed by atoms with van der Waals surface area (Å²) < 4.78 is 6.76. The van der Waals surface area contributed by atoms with Gasteiger partial charge in [-0.3, -0.25) is 14.5 Å². The van der Waals surface area contributed by atoms with Gasteiger partial charge < -0.3 is 4.74 Å². The predicted molar refractivity (Wildman–Crippen MR) is 116 cm³/mol. The minimum Gasteiger partial charge on any atom is -0.376 e. The first-order valence-electron chi connectivity index (χ1n) is 9.50. The smallest absolute Gasteiger partial charge is 0.276 e. The highest BCUT2D eigenvalue weighted by Gasteiger charge is 2.31. The third kappa shape index (κ3) is 4.57. The van der Waals surface area contributed by atoms with E-state index in [2.05, 4.69) is 21.0 Å². The molecule has 0 unspecified atom stereocenters. The molecule has 2 aliphatic heterocycles. The molecule has 1 aromatic heterocycles. The fourth-order valence-corrected chi connectivity index (χ4v) is 4.47. The number of amides is 2. The van der Waals surface area contributed by atoms with Crippen LogP contribution in [0.4, 0.5) is 5.13 Å². The number of rotatable bonds is 5. The summed E-state index contributed by atoms with van der Waals surface area (Å²) in [6.07, 6.45) is 2.53. The molecule has 152 valence electrons. The summed E-state index contributed by atoms with van der Waals surface area (Å²) in [4.78, 5) is 31.4. The molecule has 1 aromatic carbocycles. The molecule has 3 heterocycles. The molecular formula is C20H21BrN4O3S. The quantitative estimate of drug-likeness (QED) is 0.659. The Bertz CT molecular complexity index is 937. The Hall–Kier alpha value is -2.10. The monoisotopic (exact) mass is 476 g/mol. The van der Waals surface area contributed by atoms with Crippen molar-refractivity contribution in [1.29, 1.82) is 0 Å². The fraction of sp³-hybridized carbons (Fsp3) is 0.400. The van der Waals surface area contributed by atoms with Gasteiger partial charge in [-0.25, -0.2) is 9.99 Å². The average molecular weight is 477 g/mol. The summed E-state index contributed by atoms with van der Waals surface area (Å²) >= 11 is 4.87. The van der Waals surface area contributed by atoms with Crippen molar-refractivity contribution in [3.05, 3.63) is 34.1 Å². The Morgan fingerprint density at radius 3 is 2.83 bits per heavy atom. The maximum absolute atomic E-state index is 13.3. The van der Waals surface area contributed by atoms with E-state index in [4.69, 9.17) is 9.72 Å². The standard InChI is InChI=1S/C20H21BrN4O3S/c1-24-18(26)9-8-16(23-24)19(27)25(11-15-3-2-10-28-15)20-22-17(12-29-20)13-4-6-14(21)7-5-13/h4-7,12,15H,2-3,8-11H2,1H3/t15-/m0/s1. The van der Waals surface area contributed by atoms with E-state index in [1.54, 1.807) is 11.9 Å². The van der Waals surface area contributed by atoms with Crippen LogP contribution in [0.5, 0.6) is 0 Å². The molecule has 0 saturated carbocycles. The lowest BCUT2D eigenvalue weighted by Crippen LogP contribution is -2.44. The molecule has 0 spiro atoms. The number of anilines is 1. The first-order valence-corrected chi connectivity index (χ1v) is 11.2. The molecular weight excluding hydrogens is 456 g/mol. The van der Waals surface area contributed by atoms with Crippen LogP contribution in [0.1, 0.15) is 25.7 Å². The number of hydrogen-bond acceptors (Lipinski definition) is 6. The summed E-state index contributed by atoms with van der Waals surface area (Å²) in [5.74, 6) is -0.296. The van der Waals surface area contributed by atoms with Crippen LogP contribution in [0.15, 0.2) is 39.2 Å². The molecule has 0 N–H and O–H groups in total. The molecule has 7 nitrogen and oxygen atoms in total. The molecule has 1 atom stereocenters. The topological polar surface area (TPSA) is 75.1 Å². The van der Waals surface area contributed by atoms with E-state index in [0.29, 0.717) is 30.4 Å². The number of carbonyl (C=O) groups is 2. The van der Waals surface area contributed by atoms with Crippen LogP contribution >= 0.6 is 27.3 Å². The largest absolute Gasteiger partial charge is 0.376 e. The summed E-state index contributed by atoms with van der Waals surface area (Å²) in [5, 5.41) is 8.01. The van der Waals surface area contributed by atoms with Gasteiger partial charge in [-0.1, -0.05) is 28.1 Å². The average Bonchev–Trinajstić information content (AvgIpc) is 3.40.